The summed E-state index contributed by atoms with van der Waals surface area (Å²) in [7, 11) is 0. The van der Waals surface area contributed by atoms with Gasteiger partial charge in [0, 0.05) is 64.4 Å². The van der Waals surface area contributed by atoms with Crippen molar-refractivity contribution in [3.05, 3.63) is 54.4 Å². The van der Waals surface area contributed by atoms with Crippen LogP contribution in [-0.2, 0) is 16.2 Å². The first-order valence-electron chi connectivity index (χ1n) is 12.7. The molecule has 3 aromatic heterocycles. The van der Waals surface area contributed by atoms with Gasteiger partial charge in [0.1, 0.15) is 11.7 Å². The molecule has 0 atom stereocenters. The SMILES string of the molecule is CC(C)(C)C1=NCCN1.CC(C)(C)c1ccn[nH]1.CC(C)(C)c1cnc[nH]1.CC(C)(C)c1ncc[nH]1. The van der Waals surface area contributed by atoms with E-state index in [1.54, 1.807) is 18.7 Å². The van der Waals surface area contributed by atoms with Crippen molar-refractivity contribution in [1.29, 1.82) is 0 Å². The highest BCUT2D eigenvalue weighted by Crippen LogP contribution is 2.19. The molecule has 8 nitrogen and oxygen atoms in total. The first kappa shape index (κ1) is 31.1. The van der Waals surface area contributed by atoms with Crippen molar-refractivity contribution in [3.8, 4) is 0 Å². The van der Waals surface area contributed by atoms with Crippen LogP contribution in [0.3, 0.4) is 0 Å². The van der Waals surface area contributed by atoms with E-state index in [4.69, 9.17) is 0 Å². The van der Waals surface area contributed by atoms with Gasteiger partial charge in [0.25, 0.3) is 0 Å². The van der Waals surface area contributed by atoms with E-state index >= 15 is 0 Å². The fourth-order valence-corrected chi connectivity index (χ4v) is 2.92. The quantitative estimate of drug-likeness (QED) is 0.298. The number of hydrogen-bond donors (Lipinski definition) is 4. The topological polar surface area (TPSA) is 110 Å². The molecule has 4 rings (SSSR count). The summed E-state index contributed by atoms with van der Waals surface area (Å²) in [5.41, 5.74) is 3.15. The smallest absolute Gasteiger partial charge is 0.111 e. The maximum atomic E-state index is 4.31. The molecule has 0 aromatic carbocycles. The van der Waals surface area contributed by atoms with Crippen LogP contribution in [0, 0.1) is 5.41 Å². The van der Waals surface area contributed by atoms with Crippen LogP contribution in [0.4, 0.5) is 0 Å². The van der Waals surface area contributed by atoms with Gasteiger partial charge in [-0.1, -0.05) is 83.1 Å². The van der Waals surface area contributed by atoms with E-state index in [0.717, 1.165) is 24.7 Å². The summed E-state index contributed by atoms with van der Waals surface area (Å²) in [5, 5.41) is 10.0. The van der Waals surface area contributed by atoms with E-state index in [2.05, 4.69) is 124 Å². The first-order chi connectivity index (χ1) is 16.4. The minimum atomic E-state index is 0.156. The molecule has 1 aliphatic rings. The van der Waals surface area contributed by atoms with Crippen molar-refractivity contribution in [3.63, 3.8) is 0 Å². The number of hydrogen-bond acceptors (Lipinski definition) is 5. The molecule has 0 bridgehead atoms. The maximum absolute atomic E-state index is 4.31. The molecule has 0 amide bonds. The minimum Gasteiger partial charge on any atom is -0.372 e. The lowest BCUT2D eigenvalue weighted by atomic mass is 9.93. The number of nitrogens with zero attached hydrogens (tertiary/aromatic N) is 4. The molecule has 4 heterocycles. The van der Waals surface area contributed by atoms with Crippen molar-refractivity contribution in [2.45, 2.75) is 99.3 Å². The zero-order chi connectivity index (χ0) is 27.6. The average molecular weight is 499 g/mol. The van der Waals surface area contributed by atoms with Gasteiger partial charge in [0.15, 0.2) is 0 Å². The van der Waals surface area contributed by atoms with E-state index in [-0.39, 0.29) is 21.7 Å². The van der Waals surface area contributed by atoms with Crippen LogP contribution in [0.25, 0.3) is 0 Å². The van der Waals surface area contributed by atoms with Crippen molar-refractivity contribution >= 4 is 5.84 Å². The van der Waals surface area contributed by atoms with E-state index in [1.165, 1.54) is 11.4 Å². The highest BCUT2D eigenvalue weighted by Gasteiger charge is 2.20. The molecule has 0 radical (unpaired) electrons. The van der Waals surface area contributed by atoms with Crippen molar-refractivity contribution in [2.24, 2.45) is 10.4 Å². The molecule has 202 valence electrons. The second-order valence-electron chi connectivity index (χ2n) is 13.0. The number of H-pyrrole nitrogens is 3. The number of amidine groups is 1. The molecule has 1 aliphatic heterocycles. The van der Waals surface area contributed by atoms with Gasteiger partial charge in [-0.2, -0.15) is 5.10 Å². The molecular formula is C28H50N8. The van der Waals surface area contributed by atoms with Gasteiger partial charge in [-0.3, -0.25) is 10.1 Å². The van der Waals surface area contributed by atoms with Crippen LogP contribution in [0.2, 0.25) is 0 Å². The van der Waals surface area contributed by atoms with Crippen LogP contribution in [-0.4, -0.2) is 49.1 Å². The van der Waals surface area contributed by atoms with E-state index in [9.17, 15) is 0 Å². The Hall–Kier alpha value is -2.90. The molecule has 36 heavy (non-hydrogen) atoms. The van der Waals surface area contributed by atoms with E-state index in [1.807, 2.05) is 18.5 Å². The number of aromatic amines is 3. The van der Waals surface area contributed by atoms with Crippen molar-refractivity contribution in [2.75, 3.05) is 13.1 Å². The number of aromatic nitrogens is 6. The molecule has 0 saturated carbocycles. The number of imidazole rings is 2. The lowest BCUT2D eigenvalue weighted by Gasteiger charge is -2.18. The summed E-state index contributed by atoms with van der Waals surface area (Å²) < 4.78 is 0. The standard InChI is InChI=1S/C7H12N2.C7H14N2.2C7H12N2/c1-7(2,3)6-4-8-5-9-6;2*1-7(2,3)6-8-4-5-9-6;1-7(2,3)6-4-5-8-9-6/h4-5H,1-3H3,(H,8,9);4-5H2,1-3H3,(H,8,9);2*4-5H,1-3H3,(H,8,9). The Morgan fingerprint density at radius 2 is 1.36 bits per heavy atom. The van der Waals surface area contributed by atoms with Crippen LogP contribution >= 0.6 is 0 Å². The summed E-state index contributed by atoms with van der Waals surface area (Å²) in [5.74, 6) is 2.20. The first-order valence-corrected chi connectivity index (χ1v) is 12.7. The molecule has 0 spiro atoms. The monoisotopic (exact) mass is 498 g/mol. The molecular weight excluding hydrogens is 448 g/mol. The van der Waals surface area contributed by atoms with Crippen LogP contribution in [0.15, 0.2) is 42.2 Å². The Morgan fingerprint density at radius 1 is 0.722 bits per heavy atom. The van der Waals surface area contributed by atoms with Gasteiger partial charge in [-0.05, 0) is 6.07 Å². The van der Waals surface area contributed by atoms with Gasteiger partial charge < -0.3 is 15.3 Å². The van der Waals surface area contributed by atoms with Crippen LogP contribution < -0.4 is 5.32 Å². The third-order valence-electron chi connectivity index (χ3n) is 5.21. The Kier molecular flexibility index (Phi) is 11.1. The zero-order valence-corrected chi connectivity index (χ0v) is 24.7. The molecule has 0 aliphatic carbocycles. The lowest BCUT2D eigenvalue weighted by molar-refractivity contribution is 0.552. The summed E-state index contributed by atoms with van der Waals surface area (Å²) >= 11 is 0. The lowest BCUT2D eigenvalue weighted by Crippen LogP contribution is -2.31. The highest BCUT2D eigenvalue weighted by molar-refractivity contribution is 5.88. The van der Waals surface area contributed by atoms with Gasteiger partial charge in [0.05, 0.1) is 12.9 Å². The normalized spacial score (nSPS) is 13.7. The third-order valence-corrected chi connectivity index (χ3v) is 5.21. The second kappa shape index (κ2) is 12.9. The summed E-state index contributed by atoms with van der Waals surface area (Å²) in [6.07, 6.45) is 8.97. The molecule has 8 heteroatoms. The molecule has 0 unspecified atom stereocenters. The summed E-state index contributed by atoms with van der Waals surface area (Å²) in [6.45, 7) is 27.8. The Morgan fingerprint density at radius 3 is 1.58 bits per heavy atom. The Balaban J connectivity index is 0.000000240. The third kappa shape index (κ3) is 11.7. The van der Waals surface area contributed by atoms with Gasteiger partial charge in [-0.25, -0.2) is 9.97 Å². The van der Waals surface area contributed by atoms with Crippen LogP contribution in [0.1, 0.15) is 100 Å². The van der Waals surface area contributed by atoms with Gasteiger partial charge in [0.2, 0.25) is 0 Å². The largest absolute Gasteiger partial charge is 0.372 e. The maximum Gasteiger partial charge on any atom is 0.111 e. The molecule has 0 saturated heterocycles. The second-order valence-corrected chi connectivity index (χ2v) is 13.0. The van der Waals surface area contributed by atoms with Gasteiger partial charge in [-0.15, -0.1) is 0 Å². The van der Waals surface area contributed by atoms with E-state index in [0.29, 0.717) is 0 Å². The fraction of sp³-hybridized carbons (Fsp3) is 0.643. The molecule has 3 aromatic rings. The fourth-order valence-electron chi connectivity index (χ4n) is 2.92. The molecule has 4 N–H and O–H groups in total. The van der Waals surface area contributed by atoms with Crippen molar-refractivity contribution < 1.29 is 0 Å². The minimum absolute atomic E-state index is 0.156. The zero-order valence-electron chi connectivity index (χ0n) is 24.7. The predicted octanol–water partition coefficient (Wildman–Crippen LogP) is 6.16. The number of rotatable bonds is 0. The Bertz CT molecular complexity index is 865. The van der Waals surface area contributed by atoms with Crippen LogP contribution in [0.5, 0.6) is 0 Å². The summed E-state index contributed by atoms with van der Waals surface area (Å²) in [6, 6.07) is 2.00. The number of aliphatic imine (C=N–C) groups is 1. The molecule has 0 fully saturated rings. The Labute approximate surface area is 218 Å². The van der Waals surface area contributed by atoms with Crippen molar-refractivity contribution in [1.82, 2.24) is 35.5 Å². The van der Waals surface area contributed by atoms with Gasteiger partial charge >= 0.3 is 0 Å². The number of nitrogens with one attached hydrogen (secondary N) is 4. The predicted molar refractivity (Wildman–Crippen MR) is 152 cm³/mol. The highest BCUT2D eigenvalue weighted by atomic mass is 15.1. The van der Waals surface area contributed by atoms with E-state index < -0.39 is 0 Å². The summed E-state index contributed by atoms with van der Waals surface area (Å²) in [4.78, 5) is 18.5. The average Bonchev–Trinajstić information content (AvgIpc) is 3.57.